The predicted molar refractivity (Wildman–Crippen MR) is 66.6 cm³/mol. The van der Waals surface area contributed by atoms with E-state index in [-0.39, 0.29) is 0 Å². The third-order valence-corrected chi connectivity index (χ3v) is 2.51. The first-order valence-electron chi connectivity index (χ1n) is 5.29. The molecule has 0 aromatic carbocycles. The van der Waals surface area contributed by atoms with Gasteiger partial charge in [-0.2, -0.15) is 0 Å². The summed E-state index contributed by atoms with van der Waals surface area (Å²) in [5.41, 5.74) is 1.34. The maximum absolute atomic E-state index is 10.6. The quantitative estimate of drug-likeness (QED) is 0.507. The van der Waals surface area contributed by atoms with E-state index in [1.165, 1.54) is 19.0 Å². The van der Waals surface area contributed by atoms with Gasteiger partial charge in [-0.1, -0.05) is 19.8 Å². The van der Waals surface area contributed by atoms with Gasteiger partial charge in [0, 0.05) is 12.7 Å². The SMILES string of the molecule is CCCCCNc1ccncc1NS(=O)O. The summed E-state index contributed by atoms with van der Waals surface area (Å²) in [6.45, 7) is 3.00. The van der Waals surface area contributed by atoms with Crippen LogP contribution in [-0.2, 0) is 11.3 Å². The Morgan fingerprint density at radius 2 is 2.25 bits per heavy atom. The van der Waals surface area contributed by atoms with Crippen molar-refractivity contribution in [3.8, 4) is 0 Å². The molecule has 90 valence electrons. The maximum Gasteiger partial charge on any atom is 0.259 e. The normalized spacial score (nSPS) is 12.1. The van der Waals surface area contributed by atoms with E-state index >= 15 is 0 Å². The van der Waals surface area contributed by atoms with Gasteiger partial charge in [-0.25, -0.2) is 4.21 Å². The van der Waals surface area contributed by atoms with Crippen LogP contribution in [0.3, 0.4) is 0 Å². The molecule has 16 heavy (non-hydrogen) atoms. The Balaban J connectivity index is 2.53. The van der Waals surface area contributed by atoms with E-state index in [1.54, 1.807) is 12.3 Å². The Morgan fingerprint density at radius 3 is 2.94 bits per heavy atom. The van der Waals surface area contributed by atoms with Crippen molar-refractivity contribution in [2.75, 3.05) is 16.6 Å². The summed E-state index contributed by atoms with van der Waals surface area (Å²) < 4.78 is 21.8. The smallest absolute Gasteiger partial charge is 0.259 e. The van der Waals surface area contributed by atoms with Crippen molar-refractivity contribution in [1.29, 1.82) is 0 Å². The van der Waals surface area contributed by atoms with E-state index in [4.69, 9.17) is 4.55 Å². The number of hydrogen-bond acceptors (Lipinski definition) is 3. The Kier molecular flexibility index (Phi) is 5.81. The molecular weight excluding hydrogens is 226 g/mol. The molecule has 3 N–H and O–H groups in total. The minimum atomic E-state index is -2.07. The predicted octanol–water partition coefficient (Wildman–Crippen LogP) is 2.23. The molecule has 1 unspecified atom stereocenters. The first kappa shape index (κ1) is 12.9. The fourth-order valence-electron chi connectivity index (χ4n) is 1.32. The number of hydrogen-bond donors (Lipinski definition) is 3. The molecule has 0 saturated heterocycles. The zero-order chi connectivity index (χ0) is 11.8. The molecule has 0 aliphatic rings. The maximum atomic E-state index is 10.6. The summed E-state index contributed by atoms with van der Waals surface area (Å²) in [5.74, 6) is 0. The highest BCUT2D eigenvalue weighted by molar-refractivity contribution is 7.80. The van der Waals surface area contributed by atoms with Gasteiger partial charge in [0.05, 0.1) is 17.6 Å². The average molecular weight is 243 g/mol. The lowest BCUT2D eigenvalue weighted by atomic mass is 10.2. The van der Waals surface area contributed by atoms with Gasteiger partial charge in [0.25, 0.3) is 11.3 Å². The minimum absolute atomic E-state index is 0.542. The van der Waals surface area contributed by atoms with Crippen molar-refractivity contribution in [3.63, 3.8) is 0 Å². The highest BCUT2D eigenvalue weighted by atomic mass is 32.2. The highest BCUT2D eigenvalue weighted by Gasteiger charge is 2.02. The molecule has 0 fully saturated rings. The molecule has 1 aromatic rings. The van der Waals surface area contributed by atoms with Gasteiger partial charge >= 0.3 is 0 Å². The molecule has 0 aliphatic heterocycles. The summed E-state index contributed by atoms with van der Waals surface area (Å²) >= 11 is -2.07. The fraction of sp³-hybridized carbons (Fsp3) is 0.500. The fourth-order valence-corrected chi connectivity index (χ4v) is 1.67. The molecule has 0 bridgehead atoms. The molecule has 0 amide bonds. The average Bonchev–Trinajstić information content (AvgIpc) is 2.26. The van der Waals surface area contributed by atoms with Crippen molar-refractivity contribution in [2.45, 2.75) is 26.2 Å². The van der Waals surface area contributed by atoms with E-state index in [0.29, 0.717) is 5.69 Å². The Hall–Kier alpha value is -1.14. The third-order valence-electron chi connectivity index (χ3n) is 2.11. The standard InChI is InChI=1S/C10H17N3O2S/c1-2-3-4-6-12-9-5-7-11-8-10(9)13-16(14)15/h5,7-8,13H,2-4,6H2,1H3,(H,11,12)(H,14,15). The van der Waals surface area contributed by atoms with Crippen LogP contribution < -0.4 is 10.0 Å². The van der Waals surface area contributed by atoms with E-state index in [2.05, 4.69) is 21.9 Å². The van der Waals surface area contributed by atoms with Gasteiger partial charge in [-0.15, -0.1) is 0 Å². The van der Waals surface area contributed by atoms with Crippen LogP contribution in [0.4, 0.5) is 11.4 Å². The molecule has 6 heteroatoms. The Labute approximate surface area is 98.1 Å². The Morgan fingerprint density at radius 1 is 1.44 bits per heavy atom. The number of nitrogens with zero attached hydrogens (tertiary/aromatic N) is 1. The van der Waals surface area contributed by atoms with Gasteiger partial charge in [0.15, 0.2) is 0 Å². The van der Waals surface area contributed by atoms with Gasteiger partial charge in [-0.05, 0) is 12.5 Å². The van der Waals surface area contributed by atoms with Crippen LogP contribution in [0.25, 0.3) is 0 Å². The second-order valence-corrected chi connectivity index (χ2v) is 4.11. The zero-order valence-electron chi connectivity index (χ0n) is 9.27. The molecule has 1 atom stereocenters. The first-order chi connectivity index (χ1) is 7.74. The summed E-state index contributed by atoms with van der Waals surface area (Å²) in [7, 11) is 0. The monoisotopic (exact) mass is 243 g/mol. The molecule has 1 rings (SSSR count). The summed E-state index contributed by atoms with van der Waals surface area (Å²) in [6, 6.07) is 1.78. The molecule has 0 saturated carbocycles. The van der Waals surface area contributed by atoms with E-state index < -0.39 is 11.3 Å². The van der Waals surface area contributed by atoms with Crippen molar-refractivity contribution >= 4 is 22.6 Å². The van der Waals surface area contributed by atoms with E-state index in [1.807, 2.05) is 0 Å². The van der Waals surface area contributed by atoms with Crippen LogP contribution in [0.2, 0.25) is 0 Å². The second kappa shape index (κ2) is 7.19. The molecular formula is C10H17N3O2S. The van der Waals surface area contributed by atoms with Crippen molar-refractivity contribution < 1.29 is 8.76 Å². The number of aromatic nitrogens is 1. The number of nitrogens with one attached hydrogen (secondary N) is 2. The number of pyridine rings is 1. The van der Waals surface area contributed by atoms with Crippen LogP contribution in [-0.4, -0.2) is 20.3 Å². The van der Waals surface area contributed by atoms with Crippen LogP contribution >= 0.6 is 0 Å². The van der Waals surface area contributed by atoms with E-state index in [0.717, 1.165) is 18.7 Å². The van der Waals surface area contributed by atoms with Crippen LogP contribution in [0, 0.1) is 0 Å². The van der Waals surface area contributed by atoms with Gasteiger partial charge in [0.1, 0.15) is 0 Å². The molecule has 0 radical (unpaired) electrons. The third kappa shape index (κ3) is 4.59. The first-order valence-corrected chi connectivity index (χ1v) is 6.40. The molecule has 0 spiro atoms. The lowest BCUT2D eigenvalue weighted by Gasteiger charge is -2.10. The summed E-state index contributed by atoms with van der Waals surface area (Å²) in [4.78, 5) is 3.89. The highest BCUT2D eigenvalue weighted by Crippen LogP contribution is 2.19. The van der Waals surface area contributed by atoms with Crippen molar-refractivity contribution in [3.05, 3.63) is 18.5 Å². The lowest BCUT2D eigenvalue weighted by Crippen LogP contribution is -2.08. The summed E-state index contributed by atoms with van der Waals surface area (Å²) in [5, 5.41) is 3.21. The van der Waals surface area contributed by atoms with E-state index in [9.17, 15) is 4.21 Å². The van der Waals surface area contributed by atoms with Crippen LogP contribution in [0.15, 0.2) is 18.5 Å². The second-order valence-electron chi connectivity index (χ2n) is 3.41. The minimum Gasteiger partial charge on any atom is -0.383 e. The molecule has 1 aromatic heterocycles. The van der Waals surface area contributed by atoms with Crippen molar-refractivity contribution in [2.24, 2.45) is 0 Å². The Bertz CT molecular complexity index is 347. The van der Waals surface area contributed by atoms with Crippen LogP contribution in [0.1, 0.15) is 26.2 Å². The van der Waals surface area contributed by atoms with Gasteiger partial charge < -0.3 is 5.32 Å². The molecule has 1 heterocycles. The largest absolute Gasteiger partial charge is 0.383 e. The topological polar surface area (TPSA) is 74.2 Å². The summed E-state index contributed by atoms with van der Waals surface area (Å²) in [6.07, 6.45) is 6.60. The van der Waals surface area contributed by atoms with Gasteiger partial charge in [0.2, 0.25) is 0 Å². The number of anilines is 2. The van der Waals surface area contributed by atoms with Crippen LogP contribution in [0.5, 0.6) is 0 Å². The molecule has 5 nitrogen and oxygen atoms in total. The number of rotatable bonds is 7. The lowest BCUT2D eigenvalue weighted by molar-refractivity contribution is 0.570. The van der Waals surface area contributed by atoms with Gasteiger partial charge in [-0.3, -0.25) is 14.3 Å². The molecule has 0 aliphatic carbocycles. The number of unbranched alkanes of at least 4 members (excludes halogenated alkanes) is 2. The zero-order valence-corrected chi connectivity index (χ0v) is 10.1. The van der Waals surface area contributed by atoms with Crippen molar-refractivity contribution in [1.82, 2.24) is 4.98 Å².